The number of esters is 1. The number of nitrogens with zero attached hydrogens (tertiary/aromatic N) is 2. The predicted octanol–water partition coefficient (Wildman–Crippen LogP) is 1.90. The molecule has 1 aromatic rings. The molecule has 0 spiro atoms. The Kier molecular flexibility index (Phi) is 5.18. The standard InChI is InChI=1S/C19H24N2O4/c1-3-25-19(24)14-5-4-10-20(12-14)16-11-17(22)21(18(16)23)15-8-6-13(2)7-9-15/h6-9,14,16H,3-5,10-12H2,1-2H3/t14-,16-/m0/s1. The molecule has 0 aromatic heterocycles. The lowest BCUT2D eigenvalue weighted by Crippen LogP contribution is -2.48. The molecule has 2 aliphatic rings. The monoisotopic (exact) mass is 344 g/mol. The minimum absolute atomic E-state index is 0.169. The highest BCUT2D eigenvalue weighted by molar-refractivity contribution is 6.22. The molecule has 2 heterocycles. The van der Waals surface area contributed by atoms with Gasteiger partial charge in [-0.25, -0.2) is 4.90 Å². The first-order valence-corrected chi connectivity index (χ1v) is 8.85. The van der Waals surface area contributed by atoms with Gasteiger partial charge in [0, 0.05) is 6.54 Å². The highest BCUT2D eigenvalue weighted by Crippen LogP contribution is 2.29. The fourth-order valence-electron chi connectivity index (χ4n) is 3.61. The van der Waals surface area contributed by atoms with E-state index >= 15 is 0 Å². The summed E-state index contributed by atoms with van der Waals surface area (Å²) in [5, 5.41) is 0. The third kappa shape index (κ3) is 3.58. The van der Waals surface area contributed by atoms with Gasteiger partial charge in [-0.15, -0.1) is 0 Å². The van der Waals surface area contributed by atoms with Crippen LogP contribution in [-0.4, -0.2) is 48.4 Å². The van der Waals surface area contributed by atoms with E-state index < -0.39 is 6.04 Å². The van der Waals surface area contributed by atoms with Gasteiger partial charge in [0.25, 0.3) is 5.91 Å². The van der Waals surface area contributed by atoms with Crippen LogP contribution in [0.2, 0.25) is 0 Å². The van der Waals surface area contributed by atoms with Crippen molar-refractivity contribution in [3.8, 4) is 0 Å². The zero-order chi connectivity index (χ0) is 18.0. The number of aryl methyl sites for hydroxylation is 1. The molecule has 0 saturated carbocycles. The van der Waals surface area contributed by atoms with Gasteiger partial charge in [0.15, 0.2) is 0 Å². The Balaban J connectivity index is 1.73. The molecule has 1 aromatic carbocycles. The summed E-state index contributed by atoms with van der Waals surface area (Å²) in [6.07, 6.45) is 1.76. The van der Waals surface area contributed by atoms with Gasteiger partial charge < -0.3 is 4.74 Å². The number of carbonyl (C=O) groups is 3. The summed E-state index contributed by atoms with van der Waals surface area (Å²) in [4.78, 5) is 40.5. The fraction of sp³-hybridized carbons (Fsp3) is 0.526. The zero-order valence-electron chi connectivity index (χ0n) is 14.7. The molecule has 2 saturated heterocycles. The first-order valence-electron chi connectivity index (χ1n) is 8.85. The molecule has 0 aliphatic carbocycles. The quantitative estimate of drug-likeness (QED) is 0.616. The maximum Gasteiger partial charge on any atom is 0.310 e. The molecule has 134 valence electrons. The Hall–Kier alpha value is -2.21. The van der Waals surface area contributed by atoms with Crippen molar-refractivity contribution in [3.63, 3.8) is 0 Å². The van der Waals surface area contributed by atoms with Crippen LogP contribution in [0.15, 0.2) is 24.3 Å². The number of imide groups is 1. The number of ether oxygens (including phenoxy) is 1. The van der Waals surface area contributed by atoms with Crippen molar-refractivity contribution in [2.45, 2.75) is 39.2 Å². The topological polar surface area (TPSA) is 66.9 Å². The van der Waals surface area contributed by atoms with Crippen molar-refractivity contribution >= 4 is 23.5 Å². The Morgan fingerprint density at radius 3 is 2.64 bits per heavy atom. The molecule has 0 N–H and O–H groups in total. The summed E-state index contributed by atoms with van der Waals surface area (Å²) >= 11 is 0. The largest absolute Gasteiger partial charge is 0.466 e. The van der Waals surface area contributed by atoms with Crippen molar-refractivity contribution in [1.29, 1.82) is 0 Å². The number of rotatable bonds is 4. The minimum atomic E-state index is -0.481. The summed E-state index contributed by atoms with van der Waals surface area (Å²) in [6, 6.07) is 6.89. The second kappa shape index (κ2) is 7.35. The normalized spacial score (nSPS) is 24.6. The fourth-order valence-corrected chi connectivity index (χ4v) is 3.61. The molecule has 0 bridgehead atoms. The Morgan fingerprint density at radius 2 is 1.96 bits per heavy atom. The zero-order valence-corrected chi connectivity index (χ0v) is 14.7. The van der Waals surface area contributed by atoms with Crippen LogP contribution in [0.1, 0.15) is 31.7 Å². The molecular formula is C19H24N2O4. The molecule has 6 nitrogen and oxygen atoms in total. The summed E-state index contributed by atoms with van der Waals surface area (Å²) < 4.78 is 5.11. The van der Waals surface area contributed by atoms with Gasteiger partial charge in [0.05, 0.1) is 30.7 Å². The highest BCUT2D eigenvalue weighted by Gasteiger charge is 2.44. The second-order valence-electron chi connectivity index (χ2n) is 6.71. The molecule has 2 aliphatic heterocycles. The van der Waals surface area contributed by atoms with Crippen molar-refractivity contribution in [3.05, 3.63) is 29.8 Å². The molecule has 3 rings (SSSR count). The van der Waals surface area contributed by atoms with E-state index in [1.807, 2.05) is 24.0 Å². The predicted molar refractivity (Wildman–Crippen MR) is 93.0 cm³/mol. The smallest absolute Gasteiger partial charge is 0.310 e. The van der Waals surface area contributed by atoms with Crippen LogP contribution < -0.4 is 4.90 Å². The lowest BCUT2D eigenvalue weighted by Gasteiger charge is -2.34. The van der Waals surface area contributed by atoms with Gasteiger partial charge in [0.1, 0.15) is 0 Å². The van der Waals surface area contributed by atoms with Gasteiger partial charge in [-0.05, 0) is 45.4 Å². The van der Waals surface area contributed by atoms with E-state index in [4.69, 9.17) is 4.74 Å². The van der Waals surface area contributed by atoms with E-state index in [0.717, 1.165) is 24.9 Å². The highest BCUT2D eigenvalue weighted by atomic mass is 16.5. The number of likely N-dealkylation sites (tertiary alicyclic amines) is 1. The Labute approximate surface area is 147 Å². The summed E-state index contributed by atoms with van der Waals surface area (Å²) in [7, 11) is 0. The van der Waals surface area contributed by atoms with Gasteiger partial charge in [-0.1, -0.05) is 17.7 Å². The molecular weight excluding hydrogens is 320 g/mol. The maximum absolute atomic E-state index is 12.9. The van der Waals surface area contributed by atoms with Crippen LogP contribution >= 0.6 is 0 Å². The number of amides is 2. The second-order valence-corrected chi connectivity index (χ2v) is 6.71. The van der Waals surface area contributed by atoms with Crippen LogP contribution in [0.4, 0.5) is 5.69 Å². The van der Waals surface area contributed by atoms with E-state index in [0.29, 0.717) is 18.8 Å². The van der Waals surface area contributed by atoms with Crippen LogP contribution in [0, 0.1) is 12.8 Å². The number of hydrogen-bond donors (Lipinski definition) is 0. The first kappa shape index (κ1) is 17.6. The molecule has 2 fully saturated rings. The van der Waals surface area contributed by atoms with Crippen LogP contribution in [0.25, 0.3) is 0 Å². The summed E-state index contributed by atoms with van der Waals surface area (Å²) in [5.41, 5.74) is 1.69. The molecule has 2 amide bonds. The maximum atomic E-state index is 12.9. The third-order valence-electron chi connectivity index (χ3n) is 4.93. The van der Waals surface area contributed by atoms with Gasteiger partial charge >= 0.3 is 5.97 Å². The van der Waals surface area contributed by atoms with E-state index in [1.165, 1.54) is 4.90 Å². The van der Waals surface area contributed by atoms with Crippen molar-refractivity contribution < 1.29 is 19.1 Å². The summed E-state index contributed by atoms with van der Waals surface area (Å²) in [6.45, 7) is 5.31. The number of carbonyl (C=O) groups excluding carboxylic acids is 3. The van der Waals surface area contributed by atoms with Crippen LogP contribution in [0.3, 0.4) is 0 Å². The van der Waals surface area contributed by atoms with E-state index in [9.17, 15) is 14.4 Å². The molecule has 6 heteroatoms. The molecule has 2 atom stereocenters. The minimum Gasteiger partial charge on any atom is -0.466 e. The van der Waals surface area contributed by atoms with E-state index in [-0.39, 0.29) is 30.1 Å². The molecule has 25 heavy (non-hydrogen) atoms. The average molecular weight is 344 g/mol. The van der Waals surface area contributed by atoms with Crippen molar-refractivity contribution in [1.82, 2.24) is 4.90 Å². The summed E-state index contributed by atoms with van der Waals surface area (Å²) in [5.74, 6) is -0.806. The SMILES string of the molecule is CCOC(=O)[C@H]1CCCN([C@H]2CC(=O)N(c3ccc(C)cc3)C2=O)C1. The third-order valence-corrected chi connectivity index (χ3v) is 4.93. The number of piperidine rings is 1. The number of anilines is 1. The molecule has 0 unspecified atom stereocenters. The van der Waals surface area contributed by atoms with Crippen molar-refractivity contribution in [2.75, 3.05) is 24.6 Å². The first-order chi connectivity index (χ1) is 12.0. The van der Waals surface area contributed by atoms with E-state index in [2.05, 4.69) is 0 Å². The van der Waals surface area contributed by atoms with Gasteiger partial charge in [-0.2, -0.15) is 0 Å². The van der Waals surface area contributed by atoms with Crippen LogP contribution in [0.5, 0.6) is 0 Å². The average Bonchev–Trinajstić information content (AvgIpc) is 2.91. The van der Waals surface area contributed by atoms with Crippen molar-refractivity contribution in [2.24, 2.45) is 5.92 Å². The lowest BCUT2D eigenvalue weighted by atomic mass is 9.96. The molecule has 0 radical (unpaired) electrons. The Morgan fingerprint density at radius 1 is 1.24 bits per heavy atom. The van der Waals surface area contributed by atoms with Gasteiger partial charge in [0.2, 0.25) is 5.91 Å². The lowest BCUT2D eigenvalue weighted by molar-refractivity contribution is -0.150. The number of benzene rings is 1. The Bertz CT molecular complexity index is 671. The number of hydrogen-bond acceptors (Lipinski definition) is 5. The van der Waals surface area contributed by atoms with Crippen LogP contribution in [-0.2, 0) is 19.1 Å². The van der Waals surface area contributed by atoms with Gasteiger partial charge in [-0.3, -0.25) is 19.3 Å². The van der Waals surface area contributed by atoms with E-state index in [1.54, 1.807) is 19.1 Å².